The summed E-state index contributed by atoms with van der Waals surface area (Å²) in [6, 6.07) is 16.4. The first-order valence-electron chi connectivity index (χ1n) is 11.0. The highest BCUT2D eigenvalue weighted by Crippen LogP contribution is 2.11. The predicted molar refractivity (Wildman–Crippen MR) is 124 cm³/mol. The molecule has 2 atom stereocenters. The number of amides is 3. The van der Waals surface area contributed by atoms with Gasteiger partial charge >= 0.3 is 12.2 Å². The van der Waals surface area contributed by atoms with Gasteiger partial charge in [-0.05, 0) is 43.5 Å². The molecule has 0 saturated heterocycles. The van der Waals surface area contributed by atoms with Crippen LogP contribution in [0.25, 0.3) is 0 Å². The Labute approximate surface area is 198 Å². The SMILES string of the molecule is CC(=O)NCCCC(NC(=O)Oc1ccccc1)C(O)OCCCNC(=O)Oc1ccccc1. The minimum Gasteiger partial charge on any atom is -0.410 e. The molecule has 0 aliphatic heterocycles. The number of hydrogen-bond acceptors (Lipinski definition) is 7. The van der Waals surface area contributed by atoms with Crippen LogP contribution in [-0.2, 0) is 9.53 Å². The van der Waals surface area contributed by atoms with Crippen LogP contribution in [0.5, 0.6) is 11.5 Å². The molecule has 184 valence electrons. The lowest BCUT2D eigenvalue weighted by Gasteiger charge is -2.24. The Morgan fingerprint density at radius 1 is 0.824 bits per heavy atom. The lowest BCUT2D eigenvalue weighted by atomic mass is 10.1. The molecule has 0 bridgehead atoms. The third-order valence-electron chi connectivity index (χ3n) is 4.50. The van der Waals surface area contributed by atoms with Gasteiger partial charge in [0.05, 0.1) is 12.6 Å². The lowest BCUT2D eigenvalue weighted by Crippen LogP contribution is -2.46. The molecule has 10 heteroatoms. The molecule has 2 aromatic rings. The topological polar surface area (TPSA) is 135 Å². The largest absolute Gasteiger partial charge is 0.412 e. The summed E-state index contributed by atoms with van der Waals surface area (Å²) in [6.45, 7) is 2.20. The molecule has 2 rings (SSSR count). The van der Waals surface area contributed by atoms with Gasteiger partial charge < -0.3 is 35.3 Å². The monoisotopic (exact) mass is 473 g/mol. The summed E-state index contributed by atoms with van der Waals surface area (Å²) in [7, 11) is 0. The van der Waals surface area contributed by atoms with Gasteiger partial charge in [0.2, 0.25) is 5.91 Å². The van der Waals surface area contributed by atoms with Crippen molar-refractivity contribution in [1.82, 2.24) is 16.0 Å². The number of nitrogens with one attached hydrogen (secondary N) is 3. The summed E-state index contributed by atoms with van der Waals surface area (Å²) >= 11 is 0. The number of benzene rings is 2. The highest BCUT2D eigenvalue weighted by atomic mass is 16.6. The second-order valence-electron chi connectivity index (χ2n) is 7.32. The van der Waals surface area contributed by atoms with E-state index in [-0.39, 0.29) is 19.1 Å². The van der Waals surface area contributed by atoms with E-state index in [1.165, 1.54) is 6.92 Å². The maximum absolute atomic E-state index is 12.2. The van der Waals surface area contributed by atoms with Gasteiger partial charge in [-0.1, -0.05) is 36.4 Å². The molecule has 2 aromatic carbocycles. The van der Waals surface area contributed by atoms with Gasteiger partial charge in [-0.25, -0.2) is 9.59 Å². The molecule has 10 nitrogen and oxygen atoms in total. The van der Waals surface area contributed by atoms with Crippen molar-refractivity contribution >= 4 is 18.1 Å². The fourth-order valence-electron chi connectivity index (χ4n) is 2.86. The standard InChI is InChI=1S/C24H31N3O7/c1-18(28)25-15-8-14-21(27-24(31)34-20-12-6-3-7-13-20)22(29)32-17-9-16-26-23(30)33-19-10-4-2-5-11-19/h2-7,10-13,21-22,29H,8-9,14-17H2,1H3,(H,25,28)(H,26,30)(H,27,31). The number of hydrogen-bond donors (Lipinski definition) is 4. The molecule has 0 fully saturated rings. The molecule has 0 spiro atoms. The Balaban J connectivity index is 1.74. The van der Waals surface area contributed by atoms with E-state index in [4.69, 9.17) is 14.2 Å². The molecule has 0 aliphatic carbocycles. The maximum Gasteiger partial charge on any atom is 0.412 e. The van der Waals surface area contributed by atoms with E-state index in [0.717, 1.165) is 0 Å². The summed E-state index contributed by atoms with van der Waals surface area (Å²) in [6.07, 6.45) is -1.38. The predicted octanol–water partition coefficient (Wildman–Crippen LogP) is 2.57. The van der Waals surface area contributed by atoms with Crippen molar-refractivity contribution in [2.45, 2.75) is 38.5 Å². The molecular formula is C24H31N3O7. The molecule has 4 N–H and O–H groups in total. The zero-order valence-corrected chi connectivity index (χ0v) is 19.1. The van der Waals surface area contributed by atoms with E-state index in [1.54, 1.807) is 54.6 Å². The van der Waals surface area contributed by atoms with E-state index in [2.05, 4.69) is 16.0 Å². The van der Waals surface area contributed by atoms with Gasteiger partial charge in [0.1, 0.15) is 11.5 Å². The molecule has 0 aromatic heterocycles. The van der Waals surface area contributed by atoms with Crippen molar-refractivity contribution in [3.8, 4) is 11.5 Å². The fourth-order valence-corrected chi connectivity index (χ4v) is 2.86. The summed E-state index contributed by atoms with van der Waals surface area (Å²) in [4.78, 5) is 35.0. The van der Waals surface area contributed by atoms with E-state index >= 15 is 0 Å². The van der Waals surface area contributed by atoms with Crippen LogP contribution in [0.15, 0.2) is 60.7 Å². The average molecular weight is 474 g/mol. The zero-order valence-electron chi connectivity index (χ0n) is 19.1. The van der Waals surface area contributed by atoms with Crippen molar-refractivity contribution in [1.29, 1.82) is 0 Å². The highest BCUT2D eigenvalue weighted by molar-refractivity contribution is 5.72. The second kappa shape index (κ2) is 15.3. The van der Waals surface area contributed by atoms with Gasteiger partial charge in [0, 0.05) is 20.0 Å². The highest BCUT2D eigenvalue weighted by Gasteiger charge is 2.23. The summed E-state index contributed by atoms with van der Waals surface area (Å²) in [5.41, 5.74) is 0. The molecule has 2 unspecified atom stereocenters. The number of ether oxygens (including phenoxy) is 3. The van der Waals surface area contributed by atoms with Gasteiger partial charge in [-0.3, -0.25) is 4.79 Å². The van der Waals surface area contributed by atoms with E-state index in [0.29, 0.717) is 37.3 Å². The summed E-state index contributed by atoms with van der Waals surface area (Å²) in [5, 5.41) is 18.3. The van der Waals surface area contributed by atoms with Gasteiger partial charge in [0.25, 0.3) is 0 Å². The molecular weight excluding hydrogens is 442 g/mol. The Kier molecular flexibility index (Phi) is 11.9. The number of aliphatic hydroxyl groups excluding tert-OH is 1. The first-order valence-corrected chi connectivity index (χ1v) is 11.0. The minimum absolute atomic E-state index is 0.129. The fraction of sp³-hybridized carbons (Fsp3) is 0.375. The number of rotatable bonds is 13. The Morgan fingerprint density at radius 3 is 1.97 bits per heavy atom. The number of aliphatic hydroxyl groups is 1. The first-order chi connectivity index (χ1) is 16.4. The van der Waals surface area contributed by atoms with Crippen molar-refractivity contribution in [2.24, 2.45) is 0 Å². The first kappa shape index (κ1) is 26.6. The van der Waals surface area contributed by atoms with Crippen LogP contribution in [0.4, 0.5) is 9.59 Å². The molecule has 34 heavy (non-hydrogen) atoms. The quantitative estimate of drug-likeness (QED) is 0.259. The molecule has 3 amide bonds. The van der Waals surface area contributed by atoms with E-state index in [9.17, 15) is 19.5 Å². The number of carbonyl (C=O) groups is 3. The van der Waals surface area contributed by atoms with Crippen LogP contribution in [0.2, 0.25) is 0 Å². The van der Waals surface area contributed by atoms with Crippen LogP contribution in [-0.4, -0.2) is 55.2 Å². The minimum atomic E-state index is -1.31. The Bertz CT molecular complexity index is 881. The van der Waals surface area contributed by atoms with Crippen LogP contribution >= 0.6 is 0 Å². The van der Waals surface area contributed by atoms with Crippen LogP contribution in [0.1, 0.15) is 26.2 Å². The zero-order chi connectivity index (χ0) is 24.6. The Hall–Kier alpha value is -3.63. The van der Waals surface area contributed by atoms with Gasteiger partial charge in [0.15, 0.2) is 6.29 Å². The lowest BCUT2D eigenvalue weighted by molar-refractivity contribution is -0.120. The van der Waals surface area contributed by atoms with E-state index in [1.807, 2.05) is 6.07 Å². The van der Waals surface area contributed by atoms with Crippen LogP contribution in [0.3, 0.4) is 0 Å². The van der Waals surface area contributed by atoms with Crippen LogP contribution < -0.4 is 25.4 Å². The second-order valence-corrected chi connectivity index (χ2v) is 7.32. The van der Waals surface area contributed by atoms with E-state index < -0.39 is 24.5 Å². The van der Waals surface area contributed by atoms with Crippen molar-refractivity contribution in [2.75, 3.05) is 19.7 Å². The molecule has 0 aliphatic rings. The van der Waals surface area contributed by atoms with Crippen molar-refractivity contribution < 1.29 is 33.7 Å². The van der Waals surface area contributed by atoms with Crippen LogP contribution in [0, 0.1) is 0 Å². The normalized spacial score (nSPS) is 12.2. The van der Waals surface area contributed by atoms with Crippen molar-refractivity contribution in [3.63, 3.8) is 0 Å². The van der Waals surface area contributed by atoms with Gasteiger partial charge in [-0.2, -0.15) is 0 Å². The Morgan fingerprint density at radius 2 is 1.38 bits per heavy atom. The third-order valence-corrected chi connectivity index (χ3v) is 4.50. The average Bonchev–Trinajstić information content (AvgIpc) is 2.81. The molecule has 0 radical (unpaired) electrons. The van der Waals surface area contributed by atoms with Crippen molar-refractivity contribution in [3.05, 3.63) is 60.7 Å². The smallest absolute Gasteiger partial charge is 0.410 e. The summed E-state index contributed by atoms with van der Waals surface area (Å²) < 4.78 is 15.8. The molecule has 0 saturated carbocycles. The number of carbonyl (C=O) groups excluding carboxylic acids is 3. The molecule has 0 heterocycles. The summed E-state index contributed by atoms with van der Waals surface area (Å²) in [5.74, 6) is 0.631. The maximum atomic E-state index is 12.2. The third kappa shape index (κ3) is 11.3. The number of para-hydroxylation sites is 2. The van der Waals surface area contributed by atoms with Gasteiger partial charge in [-0.15, -0.1) is 0 Å².